The zero-order valence-electron chi connectivity index (χ0n) is 14.3. The maximum atomic E-state index is 11.5. The van der Waals surface area contributed by atoms with Gasteiger partial charge in [-0.15, -0.1) is 0 Å². The largest absolute Gasteiger partial charge is 0.493 e. The number of nitrogens with one attached hydrogen (secondary N) is 1. The molecule has 0 aliphatic carbocycles. The third-order valence-electron chi connectivity index (χ3n) is 4.74. The lowest BCUT2D eigenvalue weighted by atomic mass is 9.80. The van der Waals surface area contributed by atoms with Crippen molar-refractivity contribution < 1.29 is 14.6 Å². The van der Waals surface area contributed by atoms with E-state index < -0.39 is 5.60 Å². The van der Waals surface area contributed by atoms with Crippen LogP contribution in [-0.2, 0) is 18.4 Å². The molecule has 4 heteroatoms. The summed E-state index contributed by atoms with van der Waals surface area (Å²) in [7, 11) is 3.27. The second-order valence-electron chi connectivity index (χ2n) is 6.31. The molecule has 3 rings (SSSR count). The highest BCUT2D eigenvalue weighted by atomic mass is 16.5. The van der Waals surface area contributed by atoms with Crippen LogP contribution in [0.3, 0.4) is 0 Å². The lowest BCUT2D eigenvalue weighted by molar-refractivity contribution is 0.0255. The molecule has 0 radical (unpaired) electrons. The molecule has 0 spiro atoms. The summed E-state index contributed by atoms with van der Waals surface area (Å²) in [5.41, 5.74) is 2.26. The monoisotopic (exact) mass is 327 g/mol. The minimum atomic E-state index is -0.927. The summed E-state index contributed by atoms with van der Waals surface area (Å²) in [5, 5.41) is 14.9. The summed E-state index contributed by atoms with van der Waals surface area (Å²) < 4.78 is 10.9. The number of fused-ring (bicyclic) bond motifs is 1. The average molecular weight is 327 g/mol. The Hall–Kier alpha value is -2.04. The van der Waals surface area contributed by atoms with E-state index in [2.05, 4.69) is 17.4 Å². The molecule has 0 aromatic heterocycles. The van der Waals surface area contributed by atoms with E-state index in [9.17, 15) is 5.11 Å². The first-order chi connectivity index (χ1) is 11.7. The zero-order valence-corrected chi connectivity index (χ0v) is 14.3. The molecule has 0 bridgehead atoms. The van der Waals surface area contributed by atoms with Crippen molar-refractivity contribution >= 4 is 0 Å². The Bertz CT molecular complexity index is 687. The quantitative estimate of drug-likeness (QED) is 0.906. The number of benzene rings is 2. The Labute approximate surface area is 143 Å². The number of ether oxygens (including phenoxy) is 2. The van der Waals surface area contributed by atoms with Crippen LogP contribution in [0.15, 0.2) is 42.5 Å². The summed E-state index contributed by atoms with van der Waals surface area (Å²) in [6, 6.07) is 14.1. The maximum Gasteiger partial charge on any atom is 0.161 e. The molecule has 0 saturated heterocycles. The van der Waals surface area contributed by atoms with Crippen molar-refractivity contribution in [2.45, 2.75) is 24.9 Å². The Kier molecular flexibility index (Phi) is 5.07. The van der Waals surface area contributed by atoms with Gasteiger partial charge in [-0.1, -0.05) is 30.3 Å². The Morgan fingerprint density at radius 3 is 2.46 bits per heavy atom. The van der Waals surface area contributed by atoms with Gasteiger partial charge in [0.1, 0.15) is 0 Å². The van der Waals surface area contributed by atoms with Crippen LogP contribution in [-0.4, -0.2) is 32.4 Å². The van der Waals surface area contributed by atoms with Crippen molar-refractivity contribution in [2.24, 2.45) is 0 Å². The molecule has 0 saturated carbocycles. The molecule has 0 fully saturated rings. The predicted molar refractivity (Wildman–Crippen MR) is 94.8 cm³/mol. The third kappa shape index (κ3) is 3.40. The highest BCUT2D eigenvalue weighted by Crippen LogP contribution is 2.39. The van der Waals surface area contributed by atoms with E-state index in [0.717, 1.165) is 36.2 Å². The summed E-state index contributed by atoms with van der Waals surface area (Å²) in [6.45, 7) is 1.68. The first-order valence-electron chi connectivity index (χ1n) is 8.39. The van der Waals surface area contributed by atoms with Crippen molar-refractivity contribution in [2.75, 3.05) is 27.3 Å². The molecule has 1 heterocycles. The summed E-state index contributed by atoms with van der Waals surface area (Å²) >= 11 is 0. The third-order valence-corrected chi connectivity index (χ3v) is 4.74. The lowest BCUT2D eigenvalue weighted by Gasteiger charge is -2.33. The van der Waals surface area contributed by atoms with Gasteiger partial charge in [0.25, 0.3) is 0 Å². The van der Waals surface area contributed by atoms with Crippen molar-refractivity contribution in [1.29, 1.82) is 0 Å². The first kappa shape index (κ1) is 16.8. The Morgan fingerprint density at radius 1 is 1.04 bits per heavy atom. The van der Waals surface area contributed by atoms with Crippen LogP contribution in [0.1, 0.15) is 23.1 Å². The normalized spacial score (nSPS) is 20.6. The lowest BCUT2D eigenvalue weighted by Crippen LogP contribution is -2.37. The minimum Gasteiger partial charge on any atom is -0.493 e. The molecule has 1 unspecified atom stereocenters. The van der Waals surface area contributed by atoms with Gasteiger partial charge in [-0.3, -0.25) is 0 Å². The fourth-order valence-electron chi connectivity index (χ4n) is 3.46. The zero-order chi connectivity index (χ0) is 17.0. The van der Waals surface area contributed by atoms with Gasteiger partial charge in [-0.05, 0) is 54.8 Å². The Balaban J connectivity index is 2.07. The Morgan fingerprint density at radius 2 is 1.75 bits per heavy atom. The molecule has 2 aromatic carbocycles. The van der Waals surface area contributed by atoms with Gasteiger partial charge in [0, 0.05) is 6.42 Å². The topological polar surface area (TPSA) is 50.7 Å². The van der Waals surface area contributed by atoms with Crippen molar-refractivity contribution in [3.05, 3.63) is 59.2 Å². The van der Waals surface area contributed by atoms with Crippen LogP contribution in [0.2, 0.25) is 0 Å². The van der Waals surface area contributed by atoms with Crippen LogP contribution in [0, 0.1) is 0 Å². The number of aliphatic hydroxyl groups is 1. The van der Waals surface area contributed by atoms with Crippen LogP contribution in [0.5, 0.6) is 11.5 Å². The molecule has 4 nitrogen and oxygen atoms in total. The molecule has 1 aliphatic heterocycles. The first-order valence-corrected chi connectivity index (χ1v) is 8.39. The van der Waals surface area contributed by atoms with Gasteiger partial charge in [0.05, 0.1) is 19.8 Å². The van der Waals surface area contributed by atoms with Gasteiger partial charge in [-0.2, -0.15) is 0 Å². The standard InChI is InChI=1S/C20H25NO3/c1-23-18-12-16-8-10-21-11-9-20(22,17(16)13-19(18)24-2)14-15-6-4-3-5-7-15/h3-7,12-13,21-22H,8-11,14H2,1-2H3. The van der Waals surface area contributed by atoms with Crippen molar-refractivity contribution in [3.63, 3.8) is 0 Å². The molecule has 1 atom stereocenters. The molecular weight excluding hydrogens is 302 g/mol. The van der Waals surface area contributed by atoms with E-state index in [1.54, 1.807) is 14.2 Å². The minimum absolute atomic E-state index is 0.581. The molecule has 2 N–H and O–H groups in total. The molecule has 1 aliphatic rings. The van der Waals surface area contributed by atoms with E-state index in [4.69, 9.17) is 9.47 Å². The maximum absolute atomic E-state index is 11.5. The second-order valence-corrected chi connectivity index (χ2v) is 6.31. The van der Waals surface area contributed by atoms with Crippen LogP contribution in [0.4, 0.5) is 0 Å². The van der Waals surface area contributed by atoms with Gasteiger partial charge in [0.15, 0.2) is 11.5 Å². The molecule has 2 aromatic rings. The van der Waals surface area contributed by atoms with E-state index >= 15 is 0 Å². The van der Waals surface area contributed by atoms with E-state index in [1.165, 1.54) is 0 Å². The molecule has 128 valence electrons. The van der Waals surface area contributed by atoms with Crippen LogP contribution >= 0.6 is 0 Å². The summed E-state index contributed by atoms with van der Waals surface area (Å²) in [6.07, 6.45) is 2.09. The fourth-order valence-corrected chi connectivity index (χ4v) is 3.46. The highest BCUT2D eigenvalue weighted by Gasteiger charge is 2.33. The SMILES string of the molecule is COc1cc2c(cc1OC)C(O)(Cc1ccccc1)CCNCC2. The number of methoxy groups -OCH3 is 2. The smallest absolute Gasteiger partial charge is 0.161 e. The fraction of sp³-hybridized carbons (Fsp3) is 0.400. The number of rotatable bonds is 4. The summed E-state index contributed by atoms with van der Waals surface area (Å²) in [5.74, 6) is 1.37. The molecule has 0 amide bonds. The van der Waals surface area contributed by atoms with Crippen molar-refractivity contribution in [1.82, 2.24) is 5.32 Å². The van der Waals surface area contributed by atoms with Crippen LogP contribution in [0.25, 0.3) is 0 Å². The molecular formula is C20H25NO3. The van der Waals surface area contributed by atoms with Crippen molar-refractivity contribution in [3.8, 4) is 11.5 Å². The predicted octanol–water partition coefficient (Wildman–Crippen LogP) is 2.67. The van der Waals surface area contributed by atoms with Gasteiger partial charge >= 0.3 is 0 Å². The van der Waals surface area contributed by atoms with E-state index in [0.29, 0.717) is 24.3 Å². The second kappa shape index (κ2) is 7.24. The van der Waals surface area contributed by atoms with Gasteiger partial charge in [0.2, 0.25) is 0 Å². The highest BCUT2D eigenvalue weighted by molar-refractivity contribution is 5.50. The van der Waals surface area contributed by atoms with E-state index in [-0.39, 0.29) is 0 Å². The summed E-state index contributed by atoms with van der Waals surface area (Å²) in [4.78, 5) is 0. The number of hydrogen-bond donors (Lipinski definition) is 2. The van der Waals surface area contributed by atoms with Gasteiger partial charge < -0.3 is 19.9 Å². The number of hydrogen-bond acceptors (Lipinski definition) is 4. The molecule has 24 heavy (non-hydrogen) atoms. The van der Waals surface area contributed by atoms with Gasteiger partial charge in [-0.25, -0.2) is 0 Å². The average Bonchev–Trinajstić information content (AvgIpc) is 2.60. The van der Waals surface area contributed by atoms with E-state index in [1.807, 2.05) is 30.3 Å². The van der Waals surface area contributed by atoms with Crippen LogP contribution < -0.4 is 14.8 Å².